The zero-order valence-corrected chi connectivity index (χ0v) is 14.8. The molecule has 124 valence electrons. The van der Waals surface area contributed by atoms with E-state index in [1.54, 1.807) is 11.1 Å². The van der Waals surface area contributed by atoms with Crippen LogP contribution in [0, 0.1) is 0 Å². The van der Waals surface area contributed by atoms with Crippen molar-refractivity contribution in [3.8, 4) is 0 Å². The molecule has 3 aliphatic carbocycles. The van der Waals surface area contributed by atoms with Crippen LogP contribution in [0.2, 0.25) is 0 Å². The highest BCUT2D eigenvalue weighted by molar-refractivity contribution is 5.51. The summed E-state index contributed by atoms with van der Waals surface area (Å²) in [6.45, 7) is 2.29. The number of hydrogen-bond donors (Lipinski definition) is 0. The first kappa shape index (κ1) is 16.6. The predicted octanol–water partition coefficient (Wildman–Crippen LogP) is 7.07. The van der Waals surface area contributed by atoms with Crippen LogP contribution in [0.3, 0.4) is 0 Å². The third kappa shape index (κ3) is 4.37. The molecule has 2 bridgehead atoms. The van der Waals surface area contributed by atoms with Crippen molar-refractivity contribution in [1.82, 2.24) is 0 Å². The molecule has 0 N–H and O–H groups in total. The molecule has 0 unspecified atom stereocenters. The lowest BCUT2D eigenvalue weighted by molar-refractivity contribution is 0.565. The molecule has 0 aromatic heterocycles. The highest BCUT2D eigenvalue weighted by Crippen LogP contribution is 2.40. The molecule has 0 radical (unpaired) electrons. The van der Waals surface area contributed by atoms with E-state index in [0.717, 1.165) is 0 Å². The van der Waals surface area contributed by atoms with E-state index in [4.69, 9.17) is 0 Å². The first-order chi connectivity index (χ1) is 11.4. The minimum atomic E-state index is 0.539. The topological polar surface area (TPSA) is 0 Å². The van der Waals surface area contributed by atoms with Crippen molar-refractivity contribution < 1.29 is 0 Å². The third-order valence-corrected chi connectivity index (χ3v) is 5.49. The summed E-state index contributed by atoms with van der Waals surface area (Å²) >= 11 is 0. The normalized spacial score (nSPS) is 20.9. The van der Waals surface area contributed by atoms with Gasteiger partial charge in [-0.2, -0.15) is 0 Å². The molecule has 1 aromatic rings. The highest BCUT2D eigenvalue weighted by atomic mass is 14.3. The fourth-order valence-corrected chi connectivity index (χ4v) is 4.03. The lowest BCUT2D eigenvalue weighted by atomic mass is 9.76. The van der Waals surface area contributed by atoms with E-state index in [1.165, 1.54) is 69.8 Å². The van der Waals surface area contributed by atoms with Gasteiger partial charge in [0.2, 0.25) is 0 Å². The molecule has 0 spiro atoms. The van der Waals surface area contributed by atoms with Crippen molar-refractivity contribution in [3.63, 3.8) is 0 Å². The van der Waals surface area contributed by atoms with E-state index in [-0.39, 0.29) is 0 Å². The average molecular weight is 309 g/mol. The fourth-order valence-electron chi connectivity index (χ4n) is 4.03. The molecule has 3 aliphatic rings. The number of aryl methyl sites for hydroxylation is 1. The van der Waals surface area contributed by atoms with E-state index < -0.39 is 0 Å². The van der Waals surface area contributed by atoms with Gasteiger partial charge >= 0.3 is 0 Å². The van der Waals surface area contributed by atoms with Gasteiger partial charge in [0.15, 0.2) is 0 Å². The number of rotatable bonds is 10. The van der Waals surface area contributed by atoms with Crippen molar-refractivity contribution in [2.24, 2.45) is 0 Å². The van der Waals surface area contributed by atoms with E-state index in [0.29, 0.717) is 11.8 Å². The minimum Gasteiger partial charge on any atom is -0.0763 e. The summed E-state index contributed by atoms with van der Waals surface area (Å²) in [6, 6.07) is 7.22. The summed E-state index contributed by atoms with van der Waals surface area (Å²) in [4.78, 5) is 0. The molecule has 0 saturated heterocycles. The van der Waals surface area contributed by atoms with Crippen LogP contribution in [0.15, 0.2) is 42.5 Å². The van der Waals surface area contributed by atoms with Crippen LogP contribution in [0.4, 0.5) is 0 Å². The molecule has 0 atom stereocenters. The summed E-state index contributed by atoms with van der Waals surface area (Å²) in [5.74, 6) is 1.08. The second-order valence-corrected chi connectivity index (χ2v) is 7.36. The molecule has 4 rings (SSSR count). The number of allylic oxidation sites excluding steroid dienone is 4. The molecule has 0 saturated carbocycles. The molecule has 0 fully saturated rings. The van der Waals surface area contributed by atoms with E-state index >= 15 is 0 Å². The van der Waals surface area contributed by atoms with Crippen LogP contribution >= 0.6 is 0 Å². The Kier molecular flexibility index (Phi) is 6.13. The van der Waals surface area contributed by atoms with Gasteiger partial charge in [0.25, 0.3) is 0 Å². The Bertz CT molecular complexity index is 535. The van der Waals surface area contributed by atoms with Gasteiger partial charge < -0.3 is 0 Å². The quantitative estimate of drug-likeness (QED) is 0.320. The molecule has 0 nitrogen and oxygen atoms in total. The highest BCUT2D eigenvalue weighted by Gasteiger charge is 2.24. The molecule has 0 amide bonds. The van der Waals surface area contributed by atoms with E-state index in [1.807, 2.05) is 0 Å². The SMILES string of the molecule is CCCCCCCCCCCc1ccc2c(c1)C1C=CC2C=C1. The second kappa shape index (κ2) is 8.52. The van der Waals surface area contributed by atoms with E-state index in [9.17, 15) is 0 Å². The molecular weight excluding hydrogens is 276 g/mol. The van der Waals surface area contributed by atoms with Crippen molar-refractivity contribution in [1.29, 1.82) is 0 Å². The van der Waals surface area contributed by atoms with Gasteiger partial charge in [-0.3, -0.25) is 0 Å². The molecular formula is C23H32. The van der Waals surface area contributed by atoms with Crippen LogP contribution < -0.4 is 0 Å². The van der Waals surface area contributed by atoms with Gasteiger partial charge in [-0.05, 0) is 29.5 Å². The molecule has 0 aliphatic heterocycles. The Balaban J connectivity index is 1.35. The molecule has 0 heterocycles. The maximum absolute atomic E-state index is 2.48. The van der Waals surface area contributed by atoms with Crippen LogP contribution in [0.25, 0.3) is 0 Å². The summed E-state index contributed by atoms with van der Waals surface area (Å²) in [5, 5.41) is 0. The van der Waals surface area contributed by atoms with Crippen LogP contribution in [0.5, 0.6) is 0 Å². The Morgan fingerprint density at radius 3 is 1.87 bits per heavy atom. The average Bonchev–Trinajstić information content (AvgIpc) is 2.61. The first-order valence-electron chi connectivity index (χ1n) is 9.88. The maximum atomic E-state index is 2.48. The van der Waals surface area contributed by atoms with Crippen LogP contribution in [0.1, 0.15) is 93.2 Å². The van der Waals surface area contributed by atoms with Crippen LogP contribution in [-0.4, -0.2) is 0 Å². The molecule has 1 aromatic carbocycles. The van der Waals surface area contributed by atoms with Gasteiger partial charge in [0.05, 0.1) is 0 Å². The number of benzene rings is 1. The lowest BCUT2D eigenvalue weighted by Gasteiger charge is -2.29. The van der Waals surface area contributed by atoms with Crippen molar-refractivity contribution in [2.75, 3.05) is 0 Å². The zero-order valence-electron chi connectivity index (χ0n) is 14.8. The summed E-state index contributed by atoms with van der Waals surface area (Å²) in [7, 11) is 0. The Morgan fingerprint density at radius 2 is 1.22 bits per heavy atom. The Morgan fingerprint density at radius 1 is 0.652 bits per heavy atom. The maximum Gasteiger partial charge on any atom is 0.0202 e. The minimum absolute atomic E-state index is 0.539. The van der Waals surface area contributed by atoms with Gasteiger partial charge in [-0.15, -0.1) is 0 Å². The van der Waals surface area contributed by atoms with Gasteiger partial charge in [0.1, 0.15) is 0 Å². The standard InChI is InChI=1S/C23H32/c1-2-3-4-5-6-7-8-9-10-11-19-12-17-22-20-13-15-21(16-14-20)23(22)18-19/h12-18,20-21H,2-11H2,1H3. The Labute approximate surface area is 142 Å². The van der Waals surface area contributed by atoms with E-state index in [2.05, 4.69) is 49.4 Å². The Hall–Kier alpha value is -1.30. The smallest absolute Gasteiger partial charge is 0.0202 e. The van der Waals surface area contributed by atoms with Gasteiger partial charge in [0, 0.05) is 11.8 Å². The van der Waals surface area contributed by atoms with Crippen molar-refractivity contribution >= 4 is 0 Å². The number of unbranched alkanes of at least 4 members (excludes halogenated alkanes) is 8. The zero-order chi connectivity index (χ0) is 15.9. The van der Waals surface area contributed by atoms with Crippen molar-refractivity contribution in [3.05, 3.63) is 59.2 Å². The second-order valence-electron chi connectivity index (χ2n) is 7.36. The fraction of sp³-hybridized carbons (Fsp3) is 0.565. The predicted molar refractivity (Wildman–Crippen MR) is 101 cm³/mol. The van der Waals surface area contributed by atoms with Gasteiger partial charge in [-0.25, -0.2) is 0 Å². The van der Waals surface area contributed by atoms with Gasteiger partial charge in [-0.1, -0.05) is 101 Å². The summed E-state index contributed by atoms with van der Waals surface area (Å²) in [6.07, 6.45) is 23.4. The van der Waals surface area contributed by atoms with Crippen molar-refractivity contribution in [2.45, 2.75) is 83.0 Å². The molecule has 0 heteroatoms. The molecule has 23 heavy (non-hydrogen) atoms. The summed E-state index contributed by atoms with van der Waals surface area (Å²) in [5.41, 5.74) is 4.64. The lowest BCUT2D eigenvalue weighted by Crippen LogP contribution is -2.12. The first-order valence-corrected chi connectivity index (χ1v) is 9.88. The monoisotopic (exact) mass is 308 g/mol. The largest absolute Gasteiger partial charge is 0.0763 e. The third-order valence-electron chi connectivity index (χ3n) is 5.49. The summed E-state index contributed by atoms with van der Waals surface area (Å²) < 4.78 is 0. The number of hydrogen-bond acceptors (Lipinski definition) is 0. The van der Waals surface area contributed by atoms with Crippen LogP contribution in [-0.2, 0) is 6.42 Å².